The van der Waals surface area contributed by atoms with Crippen molar-refractivity contribution in [2.75, 3.05) is 0 Å². The zero-order valence-corrected chi connectivity index (χ0v) is 7.83. The normalized spacial score (nSPS) is 16.7. The van der Waals surface area contributed by atoms with Gasteiger partial charge in [0.2, 0.25) is 0 Å². The fraction of sp³-hybridized carbons (Fsp3) is 0.375. The Bertz CT molecular complexity index is 334. The number of nitrogens with zero attached hydrogens (tertiary/aromatic N) is 1. The standard InChI is InChI=1S/C8H10N2O4/c1-4-6(8(11)12)3-7(10(13)14)5(2)9-4/h9H,3H2,1-2H3,(H,11,12). The quantitative estimate of drug-likeness (QED) is 0.506. The lowest BCUT2D eigenvalue weighted by Crippen LogP contribution is -2.24. The molecule has 76 valence electrons. The maximum Gasteiger partial charge on any atom is 0.333 e. The number of aliphatic carboxylic acids is 1. The van der Waals surface area contributed by atoms with E-state index in [1.807, 2.05) is 0 Å². The highest BCUT2D eigenvalue weighted by molar-refractivity contribution is 5.88. The van der Waals surface area contributed by atoms with Gasteiger partial charge in [0.1, 0.15) is 0 Å². The molecule has 0 saturated carbocycles. The number of allylic oxidation sites excluding steroid dienone is 3. The Hall–Kier alpha value is -1.85. The smallest absolute Gasteiger partial charge is 0.333 e. The van der Waals surface area contributed by atoms with Gasteiger partial charge in [-0.3, -0.25) is 10.1 Å². The minimum absolute atomic E-state index is 0.0438. The van der Waals surface area contributed by atoms with Crippen molar-refractivity contribution in [2.45, 2.75) is 20.3 Å². The molecule has 14 heavy (non-hydrogen) atoms. The van der Waals surface area contributed by atoms with Gasteiger partial charge in [0.15, 0.2) is 0 Å². The van der Waals surface area contributed by atoms with Crippen molar-refractivity contribution >= 4 is 5.97 Å². The molecule has 0 aromatic rings. The number of nitrogens with one attached hydrogen (secondary N) is 1. The first kappa shape index (κ1) is 10.2. The number of hydrogen-bond acceptors (Lipinski definition) is 4. The van der Waals surface area contributed by atoms with E-state index in [2.05, 4.69) is 5.32 Å². The fourth-order valence-corrected chi connectivity index (χ4v) is 1.30. The summed E-state index contributed by atoms with van der Waals surface area (Å²) in [4.78, 5) is 20.7. The van der Waals surface area contributed by atoms with Crippen LogP contribution in [0.3, 0.4) is 0 Å². The molecule has 1 rings (SSSR count). The number of nitro groups is 1. The van der Waals surface area contributed by atoms with Crippen molar-refractivity contribution in [3.8, 4) is 0 Å². The summed E-state index contributed by atoms with van der Waals surface area (Å²) in [6, 6.07) is 0. The molecule has 0 aromatic heterocycles. The van der Waals surface area contributed by atoms with Crippen LogP contribution >= 0.6 is 0 Å². The van der Waals surface area contributed by atoms with Crippen molar-refractivity contribution in [1.29, 1.82) is 0 Å². The van der Waals surface area contributed by atoms with Crippen molar-refractivity contribution in [3.63, 3.8) is 0 Å². The second-order valence-electron chi connectivity index (χ2n) is 3.04. The van der Waals surface area contributed by atoms with Gasteiger partial charge in [-0.1, -0.05) is 0 Å². The van der Waals surface area contributed by atoms with E-state index in [4.69, 9.17) is 5.11 Å². The van der Waals surface area contributed by atoms with Gasteiger partial charge in [0, 0.05) is 5.70 Å². The Kier molecular flexibility index (Phi) is 2.55. The second-order valence-corrected chi connectivity index (χ2v) is 3.04. The second kappa shape index (κ2) is 3.49. The molecule has 0 aliphatic carbocycles. The lowest BCUT2D eigenvalue weighted by Gasteiger charge is -2.16. The highest BCUT2D eigenvalue weighted by Gasteiger charge is 2.27. The average molecular weight is 198 g/mol. The maximum absolute atomic E-state index is 10.7. The largest absolute Gasteiger partial charge is 0.478 e. The first-order valence-corrected chi connectivity index (χ1v) is 3.97. The predicted octanol–water partition coefficient (Wildman–Crippen LogP) is 0.846. The van der Waals surface area contributed by atoms with E-state index >= 15 is 0 Å². The lowest BCUT2D eigenvalue weighted by molar-refractivity contribution is -0.428. The summed E-state index contributed by atoms with van der Waals surface area (Å²) in [5.41, 5.74) is 0.813. The minimum atomic E-state index is -1.12. The first-order chi connectivity index (χ1) is 6.43. The van der Waals surface area contributed by atoms with Gasteiger partial charge in [-0.2, -0.15) is 0 Å². The summed E-state index contributed by atoms with van der Waals surface area (Å²) in [5, 5.41) is 22.0. The zero-order valence-electron chi connectivity index (χ0n) is 7.83. The van der Waals surface area contributed by atoms with Crippen LogP contribution in [0, 0.1) is 10.1 Å². The van der Waals surface area contributed by atoms with Gasteiger partial charge in [0.05, 0.1) is 22.6 Å². The molecule has 6 nitrogen and oxygen atoms in total. The number of dihydropyridines is 1. The Balaban J connectivity index is 3.03. The van der Waals surface area contributed by atoms with Gasteiger partial charge >= 0.3 is 5.97 Å². The SMILES string of the molecule is CC1=C(C(=O)O)CC([N+](=O)[O-])=C(C)N1. The highest BCUT2D eigenvalue weighted by atomic mass is 16.6. The van der Waals surface area contributed by atoms with E-state index in [9.17, 15) is 14.9 Å². The van der Waals surface area contributed by atoms with Crippen molar-refractivity contribution in [1.82, 2.24) is 5.32 Å². The van der Waals surface area contributed by atoms with Gasteiger partial charge in [-0.15, -0.1) is 0 Å². The van der Waals surface area contributed by atoms with Crippen LogP contribution in [0.15, 0.2) is 22.7 Å². The number of rotatable bonds is 2. The third-order valence-corrected chi connectivity index (χ3v) is 2.08. The van der Waals surface area contributed by atoms with Crippen LogP contribution in [-0.2, 0) is 4.79 Å². The van der Waals surface area contributed by atoms with Crippen LogP contribution in [0.1, 0.15) is 20.3 Å². The van der Waals surface area contributed by atoms with Crippen LogP contribution in [-0.4, -0.2) is 16.0 Å². The maximum atomic E-state index is 10.7. The van der Waals surface area contributed by atoms with E-state index in [0.29, 0.717) is 11.4 Å². The molecule has 0 amide bonds. The van der Waals surface area contributed by atoms with Crippen molar-refractivity contribution in [2.24, 2.45) is 0 Å². The van der Waals surface area contributed by atoms with Crippen LogP contribution in [0.2, 0.25) is 0 Å². The highest BCUT2D eigenvalue weighted by Crippen LogP contribution is 2.22. The topological polar surface area (TPSA) is 92.5 Å². The molecule has 1 heterocycles. The van der Waals surface area contributed by atoms with Crippen LogP contribution < -0.4 is 5.32 Å². The molecular weight excluding hydrogens is 188 g/mol. The molecule has 0 unspecified atom stereocenters. The molecule has 1 aliphatic heterocycles. The molecule has 0 atom stereocenters. The van der Waals surface area contributed by atoms with E-state index in [1.165, 1.54) is 0 Å². The number of hydrogen-bond donors (Lipinski definition) is 2. The molecule has 0 radical (unpaired) electrons. The number of carboxylic acids is 1. The Morgan fingerprint density at radius 1 is 1.50 bits per heavy atom. The molecule has 0 aromatic carbocycles. The molecule has 0 saturated heterocycles. The van der Waals surface area contributed by atoms with Gasteiger partial charge in [-0.25, -0.2) is 4.79 Å². The first-order valence-electron chi connectivity index (χ1n) is 3.97. The molecule has 1 aliphatic rings. The Morgan fingerprint density at radius 2 is 2.07 bits per heavy atom. The monoisotopic (exact) mass is 198 g/mol. The molecule has 6 heteroatoms. The summed E-state index contributed by atoms with van der Waals surface area (Å²) >= 11 is 0. The molecule has 0 bridgehead atoms. The Morgan fingerprint density at radius 3 is 2.50 bits per heavy atom. The van der Waals surface area contributed by atoms with E-state index < -0.39 is 10.9 Å². The Labute approximate surface area is 80.1 Å². The van der Waals surface area contributed by atoms with E-state index in [0.717, 1.165) is 0 Å². The zero-order chi connectivity index (χ0) is 10.9. The van der Waals surface area contributed by atoms with Gasteiger partial charge < -0.3 is 10.4 Å². The van der Waals surface area contributed by atoms with E-state index in [1.54, 1.807) is 13.8 Å². The molecule has 0 spiro atoms. The van der Waals surface area contributed by atoms with Crippen molar-refractivity contribution in [3.05, 3.63) is 32.8 Å². The van der Waals surface area contributed by atoms with Gasteiger partial charge in [0.25, 0.3) is 5.70 Å². The predicted molar refractivity (Wildman–Crippen MR) is 47.8 cm³/mol. The van der Waals surface area contributed by atoms with E-state index in [-0.39, 0.29) is 17.7 Å². The van der Waals surface area contributed by atoms with Crippen LogP contribution in [0.25, 0.3) is 0 Å². The summed E-state index contributed by atoms with van der Waals surface area (Å²) in [7, 11) is 0. The summed E-state index contributed by atoms with van der Waals surface area (Å²) in [6.07, 6.45) is -0.132. The summed E-state index contributed by atoms with van der Waals surface area (Å²) < 4.78 is 0. The van der Waals surface area contributed by atoms with Crippen LogP contribution in [0.5, 0.6) is 0 Å². The van der Waals surface area contributed by atoms with Crippen LogP contribution in [0.4, 0.5) is 0 Å². The minimum Gasteiger partial charge on any atom is -0.478 e. The molecule has 2 N–H and O–H groups in total. The number of carboxylic acid groups (broad SMARTS) is 1. The molecular formula is C8H10N2O4. The van der Waals surface area contributed by atoms with Crippen molar-refractivity contribution < 1.29 is 14.8 Å². The number of carbonyl (C=O) groups is 1. The fourth-order valence-electron chi connectivity index (χ4n) is 1.30. The average Bonchev–Trinajstić information content (AvgIpc) is 2.02. The third-order valence-electron chi connectivity index (χ3n) is 2.08. The third kappa shape index (κ3) is 1.73. The summed E-state index contributed by atoms with van der Waals surface area (Å²) in [6.45, 7) is 3.14. The van der Waals surface area contributed by atoms with Gasteiger partial charge in [-0.05, 0) is 13.8 Å². The summed E-state index contributed by atoms with van der Waals surface area (Å²) in [5.74, 6) is -1.12. The molecule has 0 fully saturated rings. The lowest BCUT2D eigenvalue weighted by atomic mass is 10.0.